The molecule has 1 aromatic heterocycles. The van der Waals surface area contributed by atoms with Crippen LogP contribution in [0.4, 0.5) is 21.6 Å². The van der Waals surface area contributed by atoms with E-state index < -0.39 is 5.82 Å². The molecule has 0 unspecified atom stereocenters. The Morgan fingerprint density at radius 3 is 2.80 bits per heavy atom. The monoisotopic (exact) mass is 421 g/mol. The third-order valence-electron chi connectivity index (χ3n) is 6.45. The highest BCUT2D eigenvalue weighted by Gasteiger charge is 2.48. The molecule has 3 heterocycles. The van der Waals surface area contributed by atoms with Gasteiger partial charge >= 0.3 is 0 Å². The van der Waals surface area contributed by atoms with E-state index in [1.807, 2.05) is 6.07 Å². The summed E-state index contributed by atoms with van der Waals surface area (Å²) in [6.07, 6.45) is 6.07. The van der Waals surface area contributed by atoms with Crippen LogP contribution in [0.15, 0.2) is 36.7 Å². The lowest BCUT2D eigenvalue weighted by atomic mass is 9.88. The largest absolute Gasteiger partial charge is 0.398 e. The number of hydrogen-bond donors (Lipinski definition) is 2. The lowest BCUT2D eigenvalue weighted by molar-refractivity contribution is 0.257. The zero-order valence-electron chi connectivity index (χ0n) is 16.5. The number of anilines is 3. The SMILES string of the molecule is CN1C2CCC1(C#Cc1cc3ncnc(Nc4cccc(Cl)c4F)c3cc1N)CC2. The van der Waals surface area contributed by atoms with Gasteiger partial charge in [-0.2, -0.15) is 0 Å². The fraction of sp³-hybridized carbons (Fsp3) is 0.304. The highest BCUT2D eigenvalue weighted by Crippen LogP contribution is 2.44. The quantitative estimate of drug-likeness (QED) is 0.462. The molecule has 5 rings (SSSR count). The molecule has 0 amide bonds. The molecule has 0 aliphatic carbocycles. The molecule has 0 saturated carbocycles. The maximum atomic E-state index is 14.3. The highest BCUT2D eigenvalue weighted by atomic mass is 35.5. The third kappa shape index (κ3) is 3.06. The normalized spacial score (nSPS) is 22.8. The Bertz CT molecular complexity index is 1210. The molecule has 5 nitrogen and oxygen atoms in total. The van der Waals surface area contributed by atoms with E-state index in [9.17, 15) is 4.39 Å². The predicted octanol–water partition coefficient (Wildman–Crippen LogP) is 4.73. The van der Waals surface area contributed by atoms with Crippen molar-refractivity contribution >= 4 is 39.7 Å². The van der Waals surface area contributed by atoms with Gasteiger partial charge in [-0.3, -0.25) is 4.90 Å². The van der Waals surface area contributed by atoms with Gasteiger partial charge in [0, 0.05) is 22.7 Å². The number of nitrogens with two attached hydrogens (primary N) is 1. The molecule has 3 aromatic rings. The Kier molecular flexibility index (Phi) is 4.53. The Labute approximate surface area is 179 Å². The van der Waals surface area contributed by atoms with Crippen molar-refractivity contribution in [3.63, 3.8) is 0 Å². The van der Waals surface area contributed by atoms with Crippen LogP contribution < -0.4 is 11.1 Å². The Morgan fingerprint density at radius 2 is 2.07 bits per heavy atom. The van der Waals surface area contributed by atoms with Crippen molar-refractivity contribution in [2.75, 3.05) is 18.1 Å². The zero-order valence-corrected chi connectivity index (χ0v) is 17.3. The Morgan fingerprint density at radius 1 is 1.27 bits per heavy atom. The van der Waals surface area contributed by atoms with Crippen molar-refractivity contribution < 1.29 is 4.39 Å². The first-order valence-corrected chi connectivity index (χ1v) is 10.4. The average Bonchev–Trinajstić information content (AvgIpc) is 3.22. The van der Waals surface area contributed by atoms with Crippen molar-refractivity contribution in [3.8, 4) is 11.8 Å². The molecule has 3 N–H and O–H groups in total. The van der Waals surface area contributed by atoms with Gasteiger partial charge in [0.25, 0.3) is 0 Å². The van der Waals surface area contributed by atoms with Crippen LogP contribution in [0, 0.1) is 17.7 Å². The molecule has 2 bridgehead atoms. The smallest absolute Gasteiger partial charge is 0.165 e. The summed E-state index contributed by atoms with van der Waals surface area (Å²) in [4.78, 5) is 11.0. The summed E-state index contributed by atoms with van der Waals surface area (Å²) in [6.45, 7) is 0. The molecule has 2 saturated heterocycles. The molecule has 0 atom stereocenters. The number of rotatable bonds is 2. The second kappa shape index (κ2) is 7.12. The van der Waals surface area contributed by atoms with E-state index in [1.165, 1.54) is 25.2 Å². The second-order valence-electron chi connectivity index (χ2n) is 8.03. The van der Waals surface area contributed by atoms with Crippen molar-refractivity contribution in [1.82, 2.24) is 14.9 Å². The number of hydrogen-bond acceptors (Lipinski definition) is 5. The van der Waals surface area contributed by atoms with E-state index in [4.69, 9.17) is 17.3 Å². The molecule has 2 aliphatic heterocycles. The Hall–Kier alpha value is -2.88. The Balaban J connectivity index is 1.52. The van der Waals surface area contributed by atoms with Crippen molar-refractivity contribution in [3.05, 3.63) is 53.1 Å². The minimum absolute atomic E-state index is 0.0332. The average molecular weight is 422 g/mol. The minimum atomic E-state index is -0.531. The van der Waals surface area contributed by atoms with E-state index in [-0.39, 0.29) is 16.2 Å². The predicted molar refractivity (Wildman–Crippen MR) is 118 cm³/mol. The molecular formula is C23H21ClFN5. The van der Waals surface area contributed by atoms with E-state index in [0.717, 1.165) is 18.4 Å². The number of benzene rings is 2. The summed E-state index contributed by atoms with van der Waals surface area (Å²) in [5.41, 5.74) is 8.52. The summed E-state index contributed by atoms with van der Waals surface area (Å²) in [5, 5.41) is 3.73. The lowest BCUT2D eigenvalue weighted by Crippen LogP contribution is -2.36. The molecule has 2 aromatic carbocycles. The van der Waals surface area contributed by atoms with Gasteiger partial charge in [-0.25, -0.2) is 14.4 Å². The number of aromatic nitrogens is 2. The van der Waals surface area contributed by atoms with E-state index in [1.54, 1.807) is 18.2 Å². The van der Waals surface area contributed by atoms with Crippen LogP contribution >= 0.6 is 11.6 Å². The molecule has 30 heavy (non-hydrogen) atoms. The third-order valence-corrected chi connectivity index (χ3v) is 6.74. The first kappa shape index (κ1) is 19.1. The standard InChI is InChI=1S/C23H21ClFN5/c1-30-15-6-9-23(30,10-7-15)8-5-14-11-20-16(12-18(14)26)22(28-13-27-20)29-19-4-2-3-17(24)21(19)25/h2-4,11-13,15H,6-7,9-10,26H2,1H3,(H,27,28,29). The zero-order chi connectivity index (χ0) is 20.9. The van der Waals surface area contributed by atoms with Gasteiger partial charge in [-0.15, -0.1) is 0 Å². The maximum Gasteiger partial charge on any atom is 0.165 e. The van der Waals surface area contributed by atoms with E-state index in [2.05, 4.69) is 39.1 Å². The van der Waals surface area contributed by atoms with E-state index in [0.29, 0.717) is 28.5 Å². The first-order chi connectivity index (χ1) is 14.5. The summed E-state index contributed by atoms with van der Waals surface area (Å²) in [6, 6.07) is 9.09. The van der Waals surface area contributed by atoms with Gasteiger partial charge in [0.15, 0.2) is 5.82 Å². The van der Waals surface area contributed by atoms with Crippen molar-refractivity contribution in [1.29, 1.82) is 0 Å². The number of nitrogens with one attached hydrogen (secondary N) is 1. The topological polar surface area (TPSA) is 67.1 Å². The summed E-state index contributed by atoms with van der Waals surface area (Å²) in [5.74, 6) is 6.73. The molecule has 2 aliphatic rings. The molecular weight excluding hydrogens is 401 g/mol. The van der Waals surface area contributed by atoms with Crippen LogP contribution in [0.5, 0.6) is 0 Å². The maximum absolute atomic E-state index is 14.3. The summed E-state index contributed by atoms with van der Waals surface area (Å²) < 4.78 is 14.3. The lowest BCUT2D eigenvalue weighted by Gasteiger charge is -2.25. The van der Waals surface area contributed by atoms with Crippen molar-refractivity contribution in [2.24, 2.45) is 0 Å². The van der Waals surface area contributed by atoms with Gasteiger partial charge in [0.05, 0.1) is 21.8 Å². The number of nitrogen functional groups attached to an aromatic ring is 1. The van der Waals surface area contributed by atoms with Gasteiger partial charge in [0.1, 0.15) is 12.1 Å². The van der Waals surface area contributed by atoms with Crippen molar-refractivity contribution in [2.45, 2.75) is 37.3 Å². The van der Waals surface area contributed by atoms with Crippen LogP contribution in [-0.4, -0.2) is 33.5 Å². The summed E-state index contributed by atoms with van der Waals surface area (Å²) >= 11 is 5.88. The minimum Gasteiger partial charge on any atom is -0.398 e. The van der Waals surface area contributed by atoms with E-state index >= 15 is 0 Å². The van der Waals surface area contributed by atoms with Crippen LogP contribution in [0.1, 0.15) is 31.2 Å². The molecule has 152 valence electrons. The summed E-state index contributed by atoms with van der Waals surface area (Å²) in [7, 11) is 2.17. The number of fused-ring (bicyclic) bond motifs is 3. The van der Waals surface area contributed by atoms with Crippen LogP contribution in [0.3, 0.4) is 0 Å². The molecule has 0 radical (unpaired) electrons. The number of nitrogens with zero attached hydrogens (tertiary/aromatic N) is 3. The second-order valence-corrected chi connectivity index (χ2v) is 8.44. The fourth-order valence-electron chi connectivity index (χ4n) is 4.62. The van der Waals surface area contributed by atoms with Gasteiger partial charge < -0.3 is 11.1 Å². The highest BCUT2D eigenvalue weighted by molar-refractivity contribution is 6.31. The fourth-order valence-corrected chi connectivity index (χ4v) is 4.80. The van der Waals surface area contributed by atoms with Crippen LogP contribution in [0.25, 0.3) is 10.9 Å². The molecule has 2 fully saturated rings. The van der Waals surface area contributed by atoms with Gasteiger partial charge in [0.2, 0.25) is 0 Å². The van der Waals surface area contributed by atoms with Crippen LogP contribution in [0.2, 0.25) is 5.02 Å². The van der Waals surface area contributed by atoms with Gasteiger partial charge in [-0.1, -0.05) is 29.5 Å². The molecule has 7 heteroatoms. The van der Waals surface area contributed by atoms with Gasteiger partial charge in [-0.05, 0) is 57.0 Å². The first-order valence-electron chi connectivity index (χ1n) is 9.98. The van der Waals surface area contributed by atoms with Crippen LogP contribution in [-0.2, 0) is 0 Å². The number of halogens is 2. The molecule has 0 spiro atoms.